The Morgan fingerprint density at radius 3 is 2.93 bits per heavy atom. The first-order valence-corrected chi connectivity index (χ1v) is 11.4. The molecule has 0 spiro atoms. The lowest BCUT2D eigenvalue weighted by molar-refractivity contribution is 0.0375. The number of fused-ring (bicyclic) bond motifs is 1. The minimum atomic E-state index is 0.260. The van der Waals surface area contributed by atoms with Gasteiger partial charge in [-0.25, -0.2) is 0 Å². The Bertz CT molecular complexity index is 617. The minimum Gasteiger partial charge on any atom is -0.379 e. The van der Waals surface area contributed by atoms with Gasteiger partial charge in [0.1, 0.15) is 0 Å². The van der Waals surface area contributed by atoms with Gasteiger partial charge in [-0.3, -0.25) is 9.89 Å². The molecule has 1 aliphatic carbocycles. The van der Waals surface area contributed by atoms with Crippen molar-refractivity contribution in [2.75, 3.05) is 59.1 Å². The highest BCUT2D eigenvalue weighted by atomic mass is 16.5. The Morgan fingerprint density at radius 1 is 1.21 bits per heavy atom. The zero-order chi connectivity index (χ0) is 20.2. The maximum absolute atomic E-state index is 6.19. The third kappa shape index (κ3) is 7.61. The lowest BCUT2D eigenvalue weighted by Crippen LogP contribution is -2.40. The average Bonchev–Trinajstić information content (AvgIpc) is 2.77. The van der Waals surface area contributed by atoms with E-state index in [0.29, 0.717) is 0 Å². The second-order valence-electron chi connectivity index (χ2n) is 7.80. The standard InChI is InChI=1S/C23H38N4O2/c1-2-24-23(25-12-6-14-27-15-18-28-19-16-27)26-13-7-17-29-22-11-5-9-20-8-3-4-10-21(20)22/h3-4,8,10,22H,2,5-7,9,11-19H2,1H3,(H2,24,25,26). The summed E-state index contributed by atoms with van der Waals surface area (Å²) in [7, 11) is 0. The van der Waals surface area contributed by atoms with Crippen LogP contribution < -0.4 is 10.6 Å². The third-order valence-corrected chi connectivity index (χ3v) is 5.60. The first-order chi connectivity index (χ1) is 14.4. The van der Waals surface area contributed by atoms with Crippen molar-refractivity contribution in [2.45, 2.75) is 45.1 Å². The average molecular weight is 403 g/mol. The highest BCUT2D eigenvalue weighted by molar-refractivity contribution is 5.79. The molecule has 1 fully saturated rings. The molecule has 0 amide bonds. The summed E-state index contributed by atoms with van der Waals surface area (Å²) in [5, 5.41) is 6.79. The van der Waals surface area contributed by atoms with Crippen molar-refractivity contribution in [3.63, 3.8) is 0 Å². The van der Waals surface area contributed by atoms with Gasteiger partial charge in [-0.15, -0.1) is 0 Å². The number of benzene rings is 1. The highest BCUT2D eigenvalue weighted by Gasteiger charge is 2.19. The van der Waals surface area contributed by atoms with E-state index in [4.69, 9.17) is 14.5 Å². The summed E-state index contributed by atoms with van der Waals surface area (Å²) in [5.74, 6) is 0.914. The summed E-state index contributed by atoms with van der Waals surface area (Å²) in [6.07, 6.45) is 5.86. The smallest absolute Gasteiger partial charge is 0.191 e. The number of morpholine rings is 1. The first-order valence-electron chi connectivity index (χ1n) is 11.4. The van der Waals surface area contributed by atoms with Gasteiger partial charge in [-0.05, 0) is 56.7 Å². The van der Waals surface area contributed by atoms with Crippen LogP contribution in [0.3, 0.4) is 0 Å². The number of aryl methyl sites for hydroxylation is 1. The lowest BCUT2D eigenvalue weighted by atomic mass is 9.89. The van der Waals surface area contributed by atoms with Crippen molar-refractivity contribution in [3.8, 4) is 0 Å². The number of hydrogen-bond acceptors (Lipinski definition) is 4. The molecule has 0 bridgehead atoms. The van der Waals surface area contributed by atoms with Crippen molar-refractivity contribution < 1.29 is 9.47 Å². The molecular weight excluding hydrogens is 364 g/mol. The van der Waals surface area contributed by atoms with Gasteiger partial charge in [-0.2, -0.15) is 0 Å². The predicted octanol–water partition coefficient (Wildman–Crippen LogP) is 2.75. The van der Waals surface area contributed by atoms with Gasteiger partial charge < -0.3 is 20.1 Å². The number of nitrogens with zero attached hydrogens (tertiary/aromatic N) is 2. The van der Waals surface area contributed by atoms with E-state index in [1.807, 2.05) is 0 Å². The van der Waals surface area contributed by atoms with Crippen molar-refractivity contribution in [2.24, 2.45) is 4.99 Å². The summed E-state index contributed by atoms with van der Waals surface area (Å²) in [6.45, 7) is 10.4. The van der Waals surface area contributed by atoms with Crippen molar-refractivity contribution >= 4 is 5.96 Å². The van der Waals surface area contributed by atoms with E-state index in [1.165, 1.54) is 24.0 Å². The van der Waals surface area contributed by atoms with Crippen LogP contribution in [0.1, 0.15) is 49.8 Å². The fourth-order valence-electron chi connectivity index (χ4n) is 4.04. The first kappa shape index (κ1) is 22.1. The SMILES string of the molecule is CCNC(=NCCCOC1CCCc2ccccc21)NCCCN1CCOCC1. The van der Waals surface area contributed by atoms with Crippen LogP contribution in [0, 0.1) is 0 Å². The van der Waals surface area contributed by atoms with E-state index in [9.17, 15) is 0 Å². The van der Waals surface area contributed by atoms with Crippen LogP contribution in [0.25, 0.3) is 0 Å². The molecule has 1 unspecified atom stereocenters. The third-order valence-electron chi connectivity index (χ3n) is 5.60. The maximum Gasteiger partial charge on any atom is 0.191 e. The number of nitrogens with one attached hydrogen (secondary N) is 2. The summed E-state index contributed by atoms with van der Waals surface area (Å²) in [6, 6.07) is 8.72. The molecule has 1 heterocycles. The Labute approximate surface area is 176 Å². The molecule has 162 valence electrons. The van der Waals surface area contributed by atoms with Gasteiger partial charge >= 0.3 is 0 Å². The van der Waals surface area contributed by atoms with Gasteiger partial charge in [0.2, 0.25) is 0 Å². The molecule has 0 aromatic heterocycles. The molecule has 1 aromatic rings. The van der Waals surface area contributed by atoms with Crippen molar-refractivity contribution in [1.82, 2.24) is 15.5 Å². The number of rotatable bonds is 10. The molecule has 1 aliphatic heterocycles. The monoisotopic (exact) mass is 402 g/mol. The zero-order valence-electron chi connectivity index (χ0n) is 18.0. The minimum absolute atomic E-state index is 0.260. The molecule has 0 saturated carbocycles. The number of guanidine groups is 1. The van der Waals surface area contributed by atoms with Crippen molar-refractivity contribution in [1.29, 1.82) is 0 Å². The van der Waals surface area contributed by atoms with Gasteiger partial charge in [0, 0.05) is 39.3 Å². The molecule has 1 atom stereocenters. The summed E-state index contributed by atoms with van der Waals surface area (Å²) >= 11 is 0. The van der Waals surface area contributed by atoms with Crippen LogP contribution >= 0.6 is 0 Å². The number of aliphatic imine (C=N–C) groups is 1. The van der Waals surface area contributed by atoms with E-state index in [2.05, 4.69) is 46.7 Å². The van der Waals surface area contributed by atoms with E-state index in [1.54, 1.807) is 0 Å². The van der Waals surface area contributed by atoms with Gasteiger partial charge in [0.15, 0.2) is 5.96 Å². The van der Waals surface area contributed by atoms with Gasteiger partial charge in [-0.1, -0.05) is 24.3 Å². The molecule has 2 N–H and O–H groups in total. The Hall–Kier alpha value is -1.63. The fraction of sp³-hybridized carbons (Fsp3) is 0.696. The van der Waals surface area contributed by atoms with Crippen LogP contribution in [0.15, 0.2) is 29.3 Å². The molecule has 29 heavy (non-hydrogen) atoms. The van der Waals surface area contributed by atoms with Crippen LogP contribution in [0.2, 0.25) is 0 Å². The van der Waals surface area contributed by atoms with Crippen LogP contribution in [0.5, 0.6) is 0 Å². The Kier molecular flexibility index (Phi) is 9.76. The van der Waals surface area contributed by atoms with Crippen LogP contribution in [0.4, 0.5) is 0 Å². The molecule has 6 heteroatoms. The molecule has 0 radical (unpaired) electrons. The molecule has 6 nitrogen and oxygen atoms in total. The van der Waals surface area contributed by atoms with Crippen LogP contribution in [-0.2, 0) is 15.9 Å². The largest absolute Gasteiger partial charge is 0.379 e. The molecule has 1 saturated heterocycles. The quantitative estimate of drug-likeness (QED) is 0.358. The lowest BCUT2D eigenvalue weighted by Gasteiger charge is -2.26. The van der Waals surface area contributed by atoms with Crippen LogP contribution in [-0.4, -0.2) is 69.9 Å². The summed E-state index contributed by atoms with van der Waals surface area (Å²) < 4.78 is 11.6. The van der Waals surface area contributed by atoms with Crippen molar-refractivity contribution in [3.05, 3.63) is 35.4 Å². The summed E-state index contributed by atoms with van der Waals surface area (Å²) in [5.41, 5.74) is 2.84. The topological polar surface area (TPSA) is 58.1 Å². The Balaban J connectivity index is 1.32. The van der Waals surface area contributed by atoms with Gasteiger partial charge in [0.25, 0.3) is 0 Å². The van der Waals surface area contributed by atoms with E-state index in [0.717, 1.165) is 84.3 Å². The molecule has 3 rings (SSSR count). The maximum atomic E-state index is 6.19. The number of hydrogen-bond donors (Lipinski definition) is 2. The normalized spacial score (nSPS) is 20.3. The second kappa shape index (κ2) is 12.8. The Morgan fingerprint density at radius 2 is 2.07 bits per heavy atom. The molecular formula is C23H38N4O2. The molecule has 2 aliphatic rings. The summed E-state index contributed by atoms with van der Waals surface area (Å²) in [4.78, 5) is 7.17. The highest BCUT2D eigenvalue weighted by Crippen LogP contribution is 2.32. The van der Waals surface area contributed by atoms with Gasteiger partial charge in [0.05, 0.1) is 19.3 Å². The second-order valence-corrected chi connectivity index (χ2v) is 7.80. The van der Waals surface area contributed by atoms with E-state index >= 15 is 0 Å². The zero-order valence-corrected chi connectivity index (χ0v) is 18.0. The fourth-order valence-corrected chi connectivity index (χ4v) is 4.04. The van der Waals surface area contributed by atoms with E-state index in [-0.39, 0.29) is 6.10 Å². The molecule has 1 aromatic carbocycles. The predicted molar refractivity (Wildman–Crippen MR) is 119 cm³/mol. The number of ether oxygens (including phenoxy) is 2. The van der Waals surface area contributed by atoms with E-state index < -0.39 is 0 Å².